The van der Waals surface area contributed by atoms with Gasteiger partial charge in [-0.05, 0) is 25.2 Å². The highest BCUT2D eigenvalue weighted by atomic mass is 16.5. The van der Waals surface area contributed by atoms with E-state index in [1.54, 1.807) is 6.92 Å². The van der Waals surface area contributed by atoms with E-state index in [9.17, 15) is 4.79 Å². The zero-order valence-corrected chi connectivity index (χ0v) is 17.0. The Kier molecular flexibility index (Phi) is 12.8. The fourth-order valence-electron chi connectivity index (χ4n) is 4.02. The molecule has 0 saturated heterocycles. The molecule has 0 N–H and O–H groups in total. The van der Waals surface area contributed by atoms with Crippen molar-refractivity contribution in [2.45, 2.75) is 110 Å². The van der Waals surface area contributed by atoms with Crippen LogP contribution in [0.15, 0.2) is 12.2 Å². The second-order valence-electron chi connectivity index (χ2n) is 8.21. The molecule has 0 heterocycles. The van der Waals surface area contributed by atoms with E-state index in [0.717, 1.165) is 18.3 Å². The normalized spacial score (nSPS) is 20.4. The molecule has 0 aliphatic heterocycles. The second kappa shape index (κ2) is 14.4. The van der Waals surface area contributed by atoms with Gasteiger partial charge in [-0.2, -0.15) is 0 Å². The topological polar surface area (TPSA) is 26.3 Å². The number of hydrogen-bond donors (Lipinski definition) is 0. The lowest BCUT2D eigenvalue weighted by atomic mass is 9.78. The van der Waals surface area contributed by atoms with Crippen molar-refractivity contribution in [2.24, 2.45) is 11.8 Å². The second-order valence-corrected chi connectivity index (χ2v) is 8.21. The molecule has 2 nitrogen and oxygen atoms in total. The maximum Gasteiger partial charge on any atom is 0.333 e. The molecule has 0 unspecified atom stereocenters. The van der Waals surface area contributed by atoms with Gasteiger partial charge >= 0.3 is 5.97 Å². The van der Waals surface area contributed by atoms with E-state index in [1.807, 2.05) is 0 Å². The van der Waals surface area contributed by atoms with Crippen LogP contribution in [0.5, 0.6) is 0 Å². The van der Waals surface area contributed by atoms with Crippen molar-refractivity contribution in [3.63, 3.8) is 0 Å². The van der Waals surface area contributed by atoms with Gasteiger partial charge in [-0.15, -0.1) is 0 Å². The molecule has 0 radical (unpaired) electrons. The molecule has 146 valence electrons. The van der Waals surface area contributed by atoms with Gasteiger partial charge in [0, 0.05) is 5.57 Å². The molecule has 1 aliphatic carbocycles. The predicted molar refractivity (Wildman–Crippen MR) is 108 cm³/mol. The summed E-state index contributed by atoms with van der Waals surface area (Å²) in [6.07, 6.45) is 20.7. The number of carbonyl (C=O) groups is 1. The molecule has 1 rings (SSSR count). The Morgan fingerprint density at radius 1 is 0.840 bits per heavy atom. The van der Waals surface area contributed by atoms with Gasteiger partial charge in [-0.3, -0.25) is 0 Å². The summed E-state index contributed by atoms with van der Waals surface area (Å²) in [4.78, 5) is 11.3. The summed E-state index contributed by atoms with van der Waals surface area (Å²) in [6.45, 7) is 8.14. The Morgan fingerprint density at radius 3 is 1.84 bits per heavy atom. The van der Waals surface area contributed by atoms with Crippen LogP contribution in [-0.2, 0) is 9.53 Å². The summed E-state index contributed by atoms with van der Waals surface area (Å²) in [5.41, 5.74) is 0.498. The van der Waals surface area contributed by atoms with Crippen LogP contribution in [0.25, 0.3) is 0 Å². The van der Waals surface area contributed by atoms with E-state index in [1.165, 1.54) is 89.9 Å². The quantitative estimate of drug-likeness (QED) is 0.188. The van der Waals surface area contributed by atoms with Crippen LogP contribution in [0, 0.1) is 11.8 Å². The third kappa shape index (κ3) is 11.4. The summed E-state index contributed by atoms with van der Waals surface area (Å²) in [5, 5.41) is 0. The van der Waals surface area contributed by atoms with Crippen molar-refractivity contribution in [2.75, 3.05) is 6.61 Å². The third-order valence-electron chi connectivity index (χ3n) is 5.77. The van der Waals surface area contributed by atoms with Gasteiger partial charge in [0.25, 0.3) is 0 Å². The highest BCUT2D eigenvalue weighted by molar-refractivity contribution is 5.86. The molecule has 1 saturated carbocycles. The van der Waals surface area contributed by atoms with Crippen molar-refractivity contribution >= 4 is 5.97 Å². The van der Waals surface area contributed by atoms with E-state index in [-0.39, 0.29) is 5.97 Å². The summed E-state index contributed by atoms with van der Waals surface area (Å²) >= 11 is 0. The molecule has 0 aromatic carbocycles. The summed E-state index contributed by atoms with van der Waals surface area (Å²) in [6, 6.07) is 0. The summed E-state index contributed by atoms with van der Waals surface area (Å²) in [7, 11) is 0. The average Bonchev–Trinajstić information content (AvgIpc) is 2.61. The molecule has 0 spiro atoms. The van der Waals surface area contributed by atoms with Crippen LogP contribution in [0.1, 0.15) is 110 Å². The van der Waals surface area contributed by atoms with Crippen LogP contribution in [0.2, 0.25) is 0 Å². The highest BCUT2D eigenvalue weighted by Gasteiger charge is 2.20. The first-order chi connectivity index (χ1) is 12.1. The van der Waals surface area contributed by atoms with E-state index in [2.05, 4.69) is 13.5 Å². The number of carbonyl (C=O) groups excluding carboxylic acids is 1. The van der Waals surface area contributed by atoms with Crippen molar-refractivity contribution in [1.29, 1.82) is 0 Å². The molecular weight excluding hydrogens is 308 g/mol. The largest absolute Gasteiger partial charge is 0.462 e. The van der Waals surface area contributed by atoms with Crippen molar-refractivity contribution in [3.05, 3.63) is 12.2 Å². The monoisotopic (exact) mass is 350 g/mol. The maximum atomic E-state index is 11.3. The molecule has 25 heavy (non-hydrogen) atoms. The zero-order chi connectivity index (χ0) is 18.3. The minimum absolute atomic E-state index is 0.247. The minimum Gasteiger partial charge on any atom is -0.462 e. The number of esters is 1. The van der Waals surface area contributed by atoms with Gasteiger partial charge in [0.2, 0.25) is 0 Å². The number of rotatable bonds is 14. The van der Waals surface area contributed by atoms with Crippen LogP contribution in [0.4, 0.5) is 0 Å². The molecule has 0 aromatic rings. The Bertz CT molecular complexity index is 353. The SMILES string of the molecule is C=C(C)C(=O)OCCCCCC1CCC(CCCCCCCC)CC1. The molecule has 1 aliphatic rings. The van der Waals surface area contributed by atoms with Gasteiger partial charge in [0.15, 0.2) is 0 Å². The summed E-state index contributed by atoms with van der Waals surface area (Å²) in [5.74, 6) is 1.73. The fraction of sp³-hybridized carbons (Fsp3) is 0.870. The lowest BCUT2D eigenvalue weighted by molar-refractivity contribution is -0.139. The van der Waals surface area contributed by atoms with Crippen molar-refractivity contribution in [3.8, 4) is 0 Å². The van der Waals surface area contributed by atoms with Gasteiger partial charge in [-0.25, -0.2) is 4.79 Å². The van der Waals surface area contributed by atoms with Crippen molar-refractivity contribution in [1.82, 2.24) is 0 Å². The van der Waals surface area contributed by atoms with E-state index < -0.39 is 0 Å². The lowest BCUT2D eigenvalue weighted by Gasteiger charge is -2.28. The molecule has 0 atom stereocenters. The van der Waals surface area contributed by atoms with Gasteiger partial charge in [0.05, 0.1) is 6.61 Å². The third-order valence-corrected chi connectivity index (χ3v) is 5.77. The van der Waals surface area contributed by atoms with Gasteiger partial charge < -0.3 is 4.74 Å². The Hall–Kier alpha value is -0.790. The first-order valence-corrected chi connectivity index (χ1v) is 11.0. The fourth-order valence-corrected chi connectivity index (χ4v) is 4.02. The average molecular weight is 351 g/mol. The van der Waals surface area contributed by atoms with Crippen molar-refractivity contribution < 1.29 is 9.53 Å². The standard InChI is InChI=1S/C23H42O2/c1-4-5-6-7-8-10-13-21-15-17-22(18-16-21)14-11-9-12-19-25-23(24)20(2)3/h21-22H,2,4-19H2,1,3H3. The molecule has 2 heteroatoms. The predicted octanol–water partition coefficient (Wildman–Crippen LogP) is 7.22. The number of unbranched alkanes of at least 4 members (excludes halogenated alkanes) is 7. The van der Waals surface area contributed by atoms with Crippen LogP contribution >= 0.6 is 0 Å². The minimum atomic E-state index is -0.247. The molecule has 0 amide bonds. The van der Waals surface area contributed by atoms with Gasteiger partial charge in [-0.1, -0.05) is 103 Å². The van der Waals surface area contributed by atoms with E-state index >= 15 is 0 Å². The Balaban J connectivity index is 1.91. The lowest BCUT2D eigenvalue weighted by Crippen LogP contribution is -2.14. The number of hydrogen-bond acceptors (Lipinski definition) is 2. The van der Waals surface area contributed by atoms with Gasteiger partial charge in [0.1, 0.15) is 0 Å². The number of ether oxygens (including phenoxy) is 1. The van der Waals surface area contributed by atoms with Crippen LogP contribution in [-0.4, -0.2) is 12.6 Å². The highest BCUT2D eigenvalue weighted by Crippen LogP contribution is 2.34. The molecule has 0 bridgehead atoms. The van der Waals surface area contributed by atoms with Crippen LogP contribution in [0.3, 0.4) is 0 Å². The first kappa shape index (κ1) is 22.3. The molecule has 0 aromatic heterocycles. The van der Waals surface area contributed by atoms with E-state index in [0.29, 0.717) is 12.2 Å². The Morgan fingerprint density at radius 2 is 1.32 bits per heavy atom. The smallest absolute Gasteiger partial charge is 0.333 e. The Labute approximate surface area is 156 Å². The molecule has 1 fully saturated rings. The summed E-state index contributed by atoms with van der Waals surface area (Å²) < 4.78 is 5.14. The maximum absolute atomic E-state index is 11.3. The molecular formula is C23H42O2. The van der Waals surface area contributed by atoms with E-state index in [4.69, 9.17) is 4.74 Å². The first-order valence-electron chi connectivity index (χ1n) is 11.0. The zero-order valence-electron chi connectivity index (χ0n) is 17.0. The van der Waals surface area contributed by atoms with Crippen LogP contribution < -0.4 is 0 Å².